The first-order chi connectivity index (χ1) is 11.3. The van der Waals surface area contributed by atoms with E-state index in [2.05, 4.69) is 0 Å². The summed E-state index contributed by atoms with van der Waals surface area (Å²) in [7, 11) is 1.64. The van der Waals surface area contributed by atoms with Gasteiger partial charge in [-0.3, -0.25) is 0 Å². The van der Waals surface area contributed by atoms with Crippen LogP contribution in [-0.4, -0.2) is 72.1 Å². The summed E-state index contributed by atoms with van der Waals surface area (Å²) in [5.41, 5.74) is -1.11. The maximum absolute atomic E-state index is 12.5. The van der Waals surface area contributed by atoms with Crippen LogP contribution in [0.15, 0.2) is 0 Å². The van der Waals surface area contributed by atoms with Crippen LogP contribution in [0.2, 0.25) is 0 Å². The number of piperazine rings is 1. The standard InChI is InChI=1S/C18H34N2O5/c1-13(23-8)11-14-12-19(15(21)24-17(2,3)4)9-10-20(14)16(22)25-18(5,6)7/h13-14H,9-12H2,1-8H3/t13-,14-/m0/s1. The summed E-state index contributed by atoms with van der Waals surface area (Å²) in [6.07, 6.45) is -0.126. The van der Waals surface area contributed by atoms with E-state index in [1.165, 1.54) is 0 Å². The van der Waals surface area contributed by atoms with Crippen molar-refractivity contribution in [3.05, 3.63) is 0 Å². The first kappa shape index (κ1) is 21.5. The Balaban J connectivity index is 2.84. The summed E-state index contributed by atoms with van der Waals surface area (Å²) in [6.45, 7) is 14.2. The maximum atomic E-state index is 12.5. The van der Waals surface area contributed by atoms with E-state index in [-0.39, 0.29) is 24.3 Å². The fraction of sp³-hybridized carbons (Fsp3) is 0.889. The average molecular weight is 358 g/mol. The molecule has 0 saturated carbocycles. The molecule has 0 aromatic heterocycles. The van der Waals surface area contributed by atoms with Gasteiger partial charge in [0.25, 0.3) is 0 Å². The Kier molecular flexibility index (Phi) is 7.11. The molecule has 1 rings (SSSR count). The lowest BCUT2D eigenvalue weighted by Crippen LogP contribution is -2.58. The number of methoxy groups -OCH3 is 1. The highest BCUT2D eigenvalue weighted by Gasteiger charge is 2.36. The van der Waals surface area contributed by atoms with E-state index in [9.17, 15) is 9.59 Å². The van der Waals surface area contributed by atoms with Crippen molar-refractivity contribution in [1.82, 2.24) is 9.80 Å². The molecule has 2 amide bonds. The van der Waals surface area contributed by atoms with Crippen LogP contribution in [0.25, 0.3) is 0 Å². The summed E-state index contributed by atoms with van der Waals surface area (Å²) in [4.78, 5) is 28.2. The first-order valence-corrected chi connectivity index (χ1v) is 8.82. The molecule has 0 N–H and O–H groups in total. The third-order valence-corrected chi connectivity index (χ3v) is 3.77. The van der Waals surface area contributed by atoms with E-state index in [0.717, 1.165) is 0 Å². The van der Waals surface area contributed by atoms with Crippen LogP contribution in [0.4, 0.5) is 9.59 Å². The van der Waals surface area contributed by atoms with E-state index in [1.807, 2.05) is 48.5 Å². The molecule has 0 bridgehead atoms. The van der Waals surface area contributed by atoms with Crippen LogP contribution in [0.5, 0.6) is 0 Å². The lowest BCUT2D eigenvalue weighted by Gasteiger charge is -2.42. The molecule has 1 aliphatic rings. The second-order valence-corrected chi connectivity index (χ2v) is 8.54. The molecular formula is C18H34N2O5. The largest absolute Gasteiger partial charge is 0.444 e. The number of rotatable bonds is 3. The minimum atomic E-state index is -0.559. The van der Waals surface area contributed by atoms with Gasteiger partial charge >= 0.3 is 12.2 Å². The van der Waals surface area contributed by atoms with Crippen molar-refractivity contribution in [2.75, 3.05) is 26.7 Å². The second kappa shape index (κ2) is 8.25. The number of carbonyl (C=O) groups excluding carboxylic acids is 2. The van der Waals surface area contributed by atoms with E-state index < -0.39 is 11.2 Å². The molecule has 7 nitrogen and oxygen atoms in total. The van der Waals surface area contributed by atoms with Gasteiger partial charge < -0.3 is 24.0 Å². The Morgan fingerprint density at radius 3 is 2.00 bits per heavy atom. The van der Waals surface area contributed by atoms with Gasteiger partial charge in [-0.15, -0.1) is 0 Å². The molecular weight excluding hydrogens is 324 g/mol. The Hall–Kier alpha value is -1.50. The monoisotopic (exact) mass is 358 g/mol. The molecule has 0 radical (unpaired) electrons. The third-order valence-electron chi connectivity index (χ3n) is 3.77. The lowest BCUT2D eigenvalue weighted by atomic mass is 10.1. The number of hydrogen-bond donors (Lipinski definition) is 0. The molecule has 0 unspecified atom stereocenters. The smallest absolute Gasteiger partial charge is 0.410 e. The summed E-state index contributed by atoms with van der Waals surface area (Å²) in [6, 6.07) is -0.175. The molecule has 7 heteroatoms. The summed E-state index contributed by atoms with van der Waals surface area (Å²) >= 11 is 0. The fourth-order valence-corrected chi connectivity index (χ4v) is 2.59. The predicted molar refractivity (Wildman–Crippen MR) is 95.6 cm³/mol. The van der Waals surface area contributed by atoms with Crippen LogP contribution in [0.1, 0.15) is 54.9 Å². The van der Waals surface area contributed by atoms with Gasteiger partial charge in [-0.2, -0.15) is 0 Å². The van der Waals surface area contributed by atoms with Gasteiger partial charge in [-0.25, -0.2) is 9.59 Å². The topological polar surface area (TPSA) is 68.3 Å². The number of ether oxygens (including phenoxy) is 3. The molecule has 146 valence electrons. The third kappa shape index (κ3) is 7.50. The zero-order valence-electron chi connectivity index (χ0n) is 16.9. The number of hydrogen-bond acceptors (Lipinski definition) is 5. The van der Waals surface area contributed by atoms with Crippen molar-refractivity contribution < 1.29 is 23.8 Å². The zero-order chi connectivity index (χ0) is 19.4. The minimum Gasteiger partial charge on any atom is -0.444 e. The maximum Gasteiger partial charge on any atom is 0.410 e. The minimum absolute atomic E-state index is 0.0338. The van der Waals surface area contributed by atoms with Crippen molar-refractivity contribution in [2.45, 2.75) is 78.2 Å². The van der Waals surface area contributed by atoms with Crippen LogP contribution in [-0.2, 0) is 14.2 Å². The molecule has 0 aromatic rings. The Morgan fingerprint density at radius 1 is 1.00 bits per heavy atom. The summed E-state index contributed by atoms with van der Waals surface area (Å²) < 4.78 is 16.3. The second-order valence-electron chi connectivity index (χ2n) is 8.54. The number of amides is 2. The van der Waals surface area contributed by atoms with E-state index in [0.29, 0.717) is 26.1 Å². The number of carbonyl (C=O) groups is 2. The Morgan fingerprint density at radius 2 is 1.52 bits per heavy atom. The molecule has 0 aromatic carbocycles. The van der Waals surface area contributed by atoms with Gasteiger partial charge in [0.1, 0.15) is 11.2 Å². The highest BCUT2D eigenvalue weighted by atomic mass is 16.6. The molecule has 1 fully saturated rings. The van der Waals surface area contributed by atoms with Gasteiger partial charge in [0.15, 0.2) is 0 Å². The van der Waals surface area contributed by atoms with Gasteiger partial charge in [-0.05, 0) is 54.9 Å². The highest BCUT2D eigenvalue weighted by Crippen LogP contribution is 2.21. The normalized spacial score (nSPS) is 20.2. The van der Waals surface area contributed by atoms with Crippen molar-refractivity contribution in [3.63, 3.8) is 0 Å². The molecule has 0 aliphatic carbocycles. The fourth-order valence-electron chi connectivity index (χ4n) is 2.59. The Bertz CT molecular complexity index is 467. The van der Waals surface area contributed by atoms with Crippen molar-refractivity contribution >= 4 is 12.2 Å². The van der Waals surface area contributed by atoms with Crippen LogP contribution in [0.3, 0.4) is 0 Å². The van der Waals surface area contributed by atoms with Gasteiger partial charge in [0, 0.05) is 26.7 Å². The van der Waals surface area contributed by atoms with E-state index in [1.54, 1.807) is 16.9 Å². The molecule has 25 heavy (non-hydrogen) atoms. The predicted octanol–water partition coefficient (Wildman–Crippen LogP) is 3.27. The van der Waals surface area contributed by atoms with Gasteiger partial charge in [-0.1, -0.05) is 0 Å². The lowest BCUT2D eigenvalue weighted by molar-refractivity contribution is -0.0236. The van der Waals surface area contributed by atoms with Crippen molar-refractivity contribution in [2.24, 2.45) is 0 Å². The zero-order valence-corrected chi connectivity index (χ0v) is 16.9. The van der Waals surface area contributed by atoms with Crippen LogP contribution < -0.4 is 0 Å². The van der Waals surface area contributed by atoms with E-state index >= 15 is 0 Å². The molecule has 2 atom stereocenters. The summed E-state index contributed by atoms with van der Waals surface area (Å²) in [5, 5.41) is 0. The quantitative estimate of drug-likeness (QED) is 0.774. The van der Waals surface area contributed by atoms with Crippen molar-refractivity contribution in [3.8, 4) is 0 Å². The SMILES string of the molecule is CO[C@@H](C)C[C@H]1CN(C(=O)OC(C)(C)C)CCN1C(=O)OC(C)(C)C. The van der Waals surface area contributed by atoms with Gasteiger partial charge in [0.2, 0.25) is 0 Å². The molecule has 1 aliphatic heterocycles. The molecule has 1 heterocycles. The average Bonchev–Trinajstić information content (AvgIpc) is 2.43. The van der Waals surface area contributed by atoms with Crippen LogP contribution >= 0.6 is 0 Å². The highest BCUT2D eigenvalue weighted by molar-refractivity contribution is 5.71. The van der Waals surface area contributed by atoms with Crippen molar-refractivity contribution in [1.29, 1.82) is 0 Å². The van der Waals surface area contributed by atoms with E-state index in [4.69, 9.17) is 14.2 Å². The summed E-state index contributed by atoms with van der Waals surface area (Å²) in [5.74, 6) is 0. The molecule has 1 saturated heterocycles. The van der Waals surface area contributed by atoms with Crippen LogP contribution in [0, 0.1) is 0 Å². The Labute approximate surface area is 151 Å². The number of nitrogens with zero attached hydrogens (tertiary/aromatic N) is 2. The first-order valence-electron chi connectivity index (χ1n) is 8.82. The molecule has 0 spiro atoms. The van der Waals surface area contributed by atoms with Gasteiger partial charge in [0.05, 0.1) is 12.1 Å².